The van der Waals surface area contributed by atoms with Crippen LogP contribution in [0.15, 0.2) is 42.5 Å². The molecule has 8 heteroatoms. The minimum atomic E-state index is -0.134. The SMILES string of the molecule is O=C(NC1CC2COCC(C1)N2Cc1ccc(Cl)cc1Cl)c1n[nH]c2ccccc12. The van der Waals surface area contributed by atoms with Crippen LogP contribution in [0.25, 0.3) is 10.9 Å². The number of amides is 1. The van der Waals surface area contributed by atoms with Crippen LogP contribution in [0.5, 0.6) is 0 Å². The van der Waals surface area contributed by atoms with Crippen LogP contribution in [0.3, 0.4) is 0 Å². The highest BCUT2D eigenvalue weighted by molar-refractivity contribution is 6.35. The lowest BCUT2D eigenvalue weighted by Gasteiger charge is -2.48. The van der Waals surface area contributed by atoms with E-state index in [2.05, 4.69) is 20.4 Å². The van der Waals surface area contributed by atoms with Gasteiger partial charge in [0.1, 0.15) is 0 Å². The molecular weight excluding hydrogens is 423 g/mol. The van der Waals surface area contributed by atoms with Crippen molar-refractivity contribution in [2.45, 2.75) is 37.5 Å². The summed E-state index contributed by atoms with van der Waals surface area (Å²) in [7, 11) is 0. The Morgan fingerprint density at radius 3 is 2.70 bits per heavy atom. The first-order valence-corrected chi connectivity index (χ1v) is 10.9. The minimum absolute atomic E-state index is 0.0869. The molecule has 0 radical (unpaired) electrons. The zero-order valence-corrected chi connectivity index (χ0v) is 17.8. The molecule has 2 fully saturated rings. The third-order valence-electron chi connectivity index (χ3n) is 6.06. The quantitative estimate of drug-likeness (QED) is 0.636. The number of nitrogens with one attached hydrogen (secondary N) is 2. The molecule has 0 aliphatic carbocycles. The van der Waals surface area contributed by atoms with E-state index in [1.54, 1.807) is 6.07 Å². The van der Waals surface area contributed by atoms with Crippen molar-refractivity contribution in [2.24, 2.45) is 0 Å². The van der Waals surface area contributed by atoms with Crippen molar-refractivity contribution in [2.75, 3.05) is 13.2 Å². The number of halogens is 2. The first kappa shape index (κ1) is 19.8. The summed E-state index contributed by atoms with van der Waals surface area (Å²) < 4.78 is 5.81. The first-order chi connectivity index (χ1) is 14.6. The molecule has 2 N–H and O–H groups in total. The molecule has 0 spiro atoms. The maximum Gasteiger partial charge on any atom is 0.272 e. The Hall–Kier alpha value is -2.12. The van der Waals surface area contributed by atoms with Crippen molar-refractivity contribution >= 4 is 40.0 Å². The fourth-order valence-electron chi connectivity index (χ4n) is 4.60. The van der Waals surface area contributed by atoms with E-state index in [1.807, 2.05) is 36.4 Å². The van der Waals surface area contributed by atoms with Gasteiger partial charge in [0.15, 0.2) is 5.69 Å². The summed E-state index contributed by atoms with van der Waals surface area (Å²) in [6, 6.07) is 13.8. The van der Waals surface area contributed by atoms with Crippen molar-refractivity contribution in [3.8, 4) is 0 Å². The molecule has 6 nitrogen and oxygen atoms in total. The van der Waals surface area contributed by atoms with Gasteiger partial charge in [0.2, 0.25) is 0 Å². The highest BCUT2D eigenvalue weighted by Crippen LogP contribution is 2.32. The van der Waals surface area contributed by atoms with E-state index < -0.39 is 0 Å². The maximum absolute atomic E-state index is 12.9. The molecule has 1 amide bonds. The van der Waals surface area contributed by atoms with E-state index in [0.717, 1.165) is 35.9 Å². The third kappa shape index (κ3) is 3.81. The Kier molecular flexibility index (Phi) is 5.41. The Morgan fingerprint density at radius 2 is 1.93 bits per heavy atom. The van der Waals surface area contributed by atoms with Crippen LogP contribution in [0.1, 0.15) is 28.9 Å². The number of fused-ring (bicyclic) bond motifs is 3. The van der Waals surface area contributed by atoms with Crippen molar-refractivity contribution < 1.29 is 9.53 Å². The van der Waals surface area contributed by atoms with Gasteiger partial charge in [0.25, 0.3) is 5.91 Å². The molecule has 30 heavy (non-hydrogen) atoms. The number of nitrogens with zero attached hydrogens (tertiary/aromatic N) is 2. The average Bonchev–Trinajstić information content (AvgIpc) is 3.15. The summed E-state index contributed by atoms with van der Waals surface area (Å²) in [6.07, 6.45) is 1.66. The van der Waals surface area contributed by atoms with Gasteiger partial charge in [-0.05, 0) is 36.6 Å². The van der Waals surface area contributed by atoms with Gasteiger partial charge >= 0.3 is 0 Å². The predicted octanol–water partition coefficient (Wildman–Crippen LogP) is 4.03. The van der Waals surface area contributed by atoms with Crippen LogP contribution in [-0.4, -0.2) is 52.3 Å². The van der Waals surface area contributed by atoms with Crippen molar-refractivity contribution in [3.05, 3.63) is 63.8 Å². The molecule has 0 saturated carbocycles. The van der Waals surface area contributed by atoms with Crippen molar-refractivity contribution in [1.82, 2.24) is 20.4 Å². The molecule has 2 aliphatic heterocycles. The number of benzene rings is 2. The number of rotatable bonds is 4. The standard InChI is InChI=1S/C22H22Cl2N4O2/c23-14-6-5-13(19(24)7-14)10-28-16-8-15(9-17(28)12-30-11-16)25-22(29)21-18-3-1-2-4-20(18)26-27-21/h1-7,15-17H,8-12H2,(H,25,29)(H,26,27). The van der Waals surface area contributed by atoms with Gasteiger partial charge in [-0.3, -0.25) is 14.8 Å². The van der Waals surface area contributed by atoms with Gasteiger partial charge in [0, 0.05) is 40.1 Å². The molecule has 3 aromatic rings. The average molecular weight is 445 g/mol. The second-order valence-corrected chi connectivity index (χ2v) is 8.86. The van der Waals surface area contributed by atoms with Gasteiger partial charge < -0.3 is 10.1 Å². The molecule has 2 saturated heterocycles. The van der Waals surface area contributed by atoms with E-state index >= 15 is 0 Å². The highest BCUT2D eigenvalue weighted by atomic mass is 35.5. The molecule has 156 valence electrons. The Labute approximate surface area is 184 Å². The number of ether oxygens (including phenoxy) is 1. The molecule has 2 atom stereocenters. The number of morpholine rings is 1. The highest BCUT2D eigenvalue weighted by Gasteiger charge is 2.39. The number of aromatic nitrogens is 2. The topological polar surface area (TPSA) is 70.2 Å². The lowest BCUT2D eigenvalue weighted by Crippen LogP contribution is -2.60. The largest absolute Gasteiger partial charge is 0.378 e. The molecule has 2 aliphatic rings. The van der Waals surface area contributed by atoms with E-state index in [0.29, 0.717) is 29.0 Å². The Bertz CT molecular complexity index is 1070. The van der Waals surface area contributed by atoms with E-state index in [-0.39, 0.29) is 24.0 Å². The smallest absolute Gasteiger partial charge is 0.272 e. The molecule has 2 bridgehead atoms. The Balaban J connectivity index is 1.29. The number of para-hydroxylation sites is 1. The number of hydrogen-bond donors (Lipinski definition) is 2. The summed E-state index contributed by atoms with van der Waals surface area (Å²) >= 11 is 12.4. The predicted molar refractivity (Wildman–Crippen MR) is 117 cm³/mol. The number of H-pyrrole nitrogens is 1. The summed E-state index contributed by atoms with van der Waals surface area (Å²) in [5, 5.41) is 12.5. The second kappa shape index (κ2) is 8.19. The lowest BCUT2D eigenvalue weighted by atomic mass is 9.89. The van der Waals surface area contributed by atoms with Crippen LogP contribution in [0.2, 0.25) is 10.0 Å². The first-order valence-electron chi connectivity index (χ1n) is 10.1. The van der Waals surface area contributed by atoms with Gasteiger partial charge in [-0.1, -0.05) is 47.5 Å². The normalized spacial score (nSPS) is 24.1. The van der Waals surface area contributed by atoms with Crippen LogP contribution >= 0.6 is 23.2 Å². The summed E-state index contributed by atoms with van der Waals surface area (Å²) in [4.78, 5) is 15.3. The van der Waals surface area contributed by atoms with Crippen LogP contribution in [-0.2, 0) is 11.3 Å². The van der Waals surface area contributed by atoms with Crippen molar-refractivity contribution in [3.63, 3.8) is 0 Å². The van der Waals surface area contributed by atoms with Gasteiger partial charge in [-0.15, -0.1) is 0 Å². The van der Waals surface area contributed by atoms with Crippen molar-refractivity contribution in [1.29, 1.82) is 0 Å². The maximum atomic E-state index is 12.9. The van der Waals surface area contributed by atoms with E-state index in [9.17, 15) is 4.79 Å². The van der Waals surface area contributed by atoms with Crippen LogP contribution in [0, 0.1) is 0 Å². The number of hydrogen-bond acceptors (Lipinski definition) is 4. The summed E-state index contributed by atoms with van der Waals surface area (Å²) in [5.41, 5.74) is 2.37. The lowest BCUT2D eigenvalue weighted by molar-refractivity contribution is -0.0843. The van der Waals surface area contributed by atoms with Gasteiger partial charge in [-0.2, -0.15) is 5.10 Å². The fourth-order valence-corrected chi connectivity index (χ4v) is 5.07. The summed E-state index contributed by atoms with van der Waals surface area (Å²) in [5.74, 6) is -0.134. The minimum Gasteiger partial charge on any atom is -0.378 e. The molecular formula is C22H22Cl2N4O2. The second-order valence-electron chi connectivity index (χ2n) is 8.01. The van der Waals surface area contributed by atoms with Gasteiger partial charge in [-0.25, -0.2) is 0 Å². The monoisotopic (exact) mass is 444 g/mol. The molecule has 1 aromatic heterocycles. The van der Waals surface area contributed by atoms with Gasteiger partial charge in [0.05, 0.1) is 18.7 Å². The third-order valence-corrected chi connectivity index (χ3v) is 6.65. The molecule has 2 unspecified atom stereocenters. The van der Waals surface area contributed by atoms with E-state index in [1.165, 1.54) is 0 Å². The molecule has 5 rings (SSSR count). The zero-order chi connectivity index (χ0) is 20.7. The number of carbonyl (C=O) groups excluding carboxylic acids is 1. The fraction of sp³-hybridized carbons (Fsp3) is 0.364. The summed E-state index contributed by atoms with van der Waals surface area (Å²) in [6.45, 7) is 2.05. The van der Waals surface area contributed by atoms with Crippen LogP contribution < -0.4 is 5.32 Å². The number of carbonyl (C=O) groups is 1. The van der Waals surface area contributed by atoms with Crippen LogP contribution in [0.4, 0.5) is 0 Å². The van der Waals surface area contributed by atoms with E-state index in [4.69, 9.17) is 27.9 Å². The molecule has 2 aromatic carbocycles. The molecule has 3 heterocycles. The number of piperidine rings is 1. The Morgan fingerprint density at radius 1 is 1.17 bits per heavy atom. The number of aromatic amines is 1. The zero-order valence-electron chi connectivity index (χ0n) is 16.3.